The topological polar surface area (TPSA) is 107 Å². The zero-order valence-corrected chi connectivity index (χ0v) is 15.7. The van der Waals surface area contributed by atoms with Crippen LogP contribution >= 0.6 is 0 Å². The molecule has 156 valence electrons. The first kappa shape index (κ1) is 18.7. The molecular weight excluding hydrogens is 411 g/mol. The number of alkyl halides is 3. The highest BCUT2D eigenvalue weighted by atomic mass is 19.4. The van der Waals surface area contributed by atoms with Crippen molar-refractivity contribution in [3.05, 3.63) is 60.8 Å². The highest BCUT2D eigenvalue weighted by Gasteiger charge is 2.32. The van der Waals surface area contributed by atoms with Gasteiger partial charge in [0.1, 0.15) is 5.65 Å². The van der Waals surface area contributed by atoms with E-state index in [9.17, 15) is 13.2 Å². The van der Waals surface area contributed by atoms with E-state index in [1.807, 2.05) is 24.3 Å². The lowest BCUT2D eigenvalue weighted by Crippen LogP contribution is -2.18. The first-order valence-electron chi connectivity index (χ1n) is 9.09. The third kappa shape index (κ3) is 3.45. The van der Waals surface area contributed by atoms with E-state index in [-0.39, 0.29) is 11.6 Å². The number of aromatic amines is 1. The van der Waals surface area contributed by atoms with Gasteiger partial charge in [0.15, 0.2) is 17.4 Å². The number of nitrogen functional groups attached to an aromatic ring is 1. The van der Waals surface area contributed by atoms with Crippen LogP contribution < -0.4 is 15.8 Å². The standard InChI is InChI=1S/C20H14F3N7O/c21-20(22,23)31-15-8-4-2-6-13(15)26-19-27-17-12(9-10-25-17)18(28-19)30-14-7-3-1-5-11(14)16(24)29-30/h1-10H,(H2,24,29)(H2,25,26,27,28). The fourth-order valence-electron chi connectivity index (χ4n) is 3.30. The maximum Gasteiger partial charge on any atom is 0.573 e. The van der Waals surface area contributed by atoms with E-state index in [2.05, 4.69) is 30.1 Å². The van der Waals surface area contributed by atoms with Crippen molar-refractivity contribution in [2.24, 2.45) is 0 Å². The second-order valence-corrected chi connectivity index (χ2v) is 6.59. The fourth-order valence-corrected chi connectivity index (χ4v) is 3.30. The molecule has 31 heavy (non-hydrogen) atoms. The van der Waals surface area contributed by atoms with Gasteiger partial charge in [-0.25, -0.2) is 4.68 Å². The summed E-state index contributed by atoms with van der Waals surface area (Å²) < 4.78 is 43.9. The largest absolute Gasteiger partial charge is 0.573 e. The summed E-state index contributed by atoms with van der Waals surface area (Å²) >= 11 is 0. The highest BCUT2D eigenvalue weighted by molar-refractivity contribution is 5.93. The summed E-state index contributed by atoms with van der Waals surface area (Å²) in [4.78, 5) is 11.8. The number of fused-ring (bicyclic) bond motifs is 2. The van der Waals surface area contributed by atoms with Crippen LogP contribution in [0.5, 0.6) is 5.75 Å². The lowest BCUT2D eigenvalue weighted by Gasteiger charge is -2.14. The van der Waals surface area contributed by atoms with E-state index in [4.69, 9.17) is 5.73 Å². The minimum atomic E-state index is -4.83. The van der Waals surface area contributed by atoms with Crippen LogP contribution in [0.25, 0.3) is 27.8 Å². The minimum Gasteiger partial charge on any atom is -0.404 e. The molecule has 0 fully saturated rings. The summed E-state index contributed by atoms with van der Waals surface area (Å²) in [6, 6.07) is 14.8. The van der Waals surface area contributed by atoms with E-state index in [0.717, 1.165) is 10.9 Å². The third-order valence-corrected chi connectivity index (χ3v) is 4.57. The summed E-state index contributed by atoms with van der Waals surface area (Å²) in [5.74, 6) is 0.397. The highest BCUT2D eigenvalue weighted by Crippen LogP contribution is 2.32. The predicted octanol–water partition coefficient (Wildman–Crippen LogP) is 4.52. The number of H-pyrrole nitrogens is 1. The molecule has 0 amide bonds. The molecule has 3 aromatic heterocycles. The Kier molecular flexibility index (Phi) is 4.17. The molecule has 0 radical (unpaired) electrons. The van der Waals surface area contributed by atoms with Crippen LogP contribution in [-0.4, -0.2) is 31.1 Å². The van der Waals surface area contributed by atoms with Gasteiger partial charge in [0, 0.05) is 11.6 Å². The lowest BCUT2D eigenvalue weighted by atomic mass is 10.2. The Morgan fingerprint density at radius 1 is 0.968 bits per heavy atom. The van der Waals surface area contributed by atoms with Crippen LogP contribution in [0.2, 0.25) is 0 Å². The van der Waals surface area contributed by atoms with Crippen molar-refractivity contribution in [2.75, 3.05) is 11.1 Å². The molecular formula is C20H14F3N7O. The Hall–Kier alpha value is -4.28. The van der Waals surface area contributed by atoms with Gasteiger partial charge in [0.2, 0.25) is 5.95 Å². The van der Waals surface area contributed by atoms with Crippen LogP contribution in [0.4, 0.5) is 30.6 Å². The molecule has 0 spiro atoms. The Labute approximate surface area is 172 Å². The Balaban J connectivity index is 1.63. The van der Waals surface area contributed by atoms with Gasteiger partial charge in [-0.15, -0.1) is 18.3 Å². The molecule has 0 aliphatic rings. The van der Waals surface area contributed by atoms with Gasteiger partial charge in [-0.2, -0.15) is 9.97 Å². The number of halogens is 3. The molecule has 5 aromatic rings. The molecule has 0 aliphatic carbocycles. The van der Waals surface area contributed by atoms with Gasteiger partial charge in [0.05, 0.1) is 16.6 Å². The maximum atomic E-state index is 12.8. The SMILES string of the molecule is Nc1nn(-c2nc(Nc3ccccc3OC(F)(F)F)nc3[nH]ccc23)c2ccccc12. The average molecular weight is 425 g/mol. The number of rotatable bonds is 4. The van der Waals surface area contributed by atoms with Crippen LogP contribution in [0.15, 0.2) is 60.8 Å². The monoisotopic (exact) mass is 425 g/mol. The number of aromatic nitrogens is 5. The number of nitrogens with two attached hydrogens (primary N) is 1. The number of hydrogen-bond acceptors (Lipinski definition) is 6. The first-order chi connectivity index (χ1) is 14.9. The van der Waals surface area contributed by atoms with Gasteiger partial charge >= 0.3 is 6.36 Å². The average Bonchev–Trinajstić information content (AvgIpc) is 3.33. The smallest absolute Gasteiger partial charge is 0.404 e. The molecule has 3 heterocycles. The summed E-state index contributed by atoms with van der Waals surface area (Å²) in [7, 11) is 0. The lowest BCUT2D eigenvalue weighted by molar-refractivity contribution is -0.274. The molecule has 0 unspecified atom stereocenters. The van der Waals surface area contributed by atoms with E-state index in [1.54, 1.807) is 23.0 Å². The van der Waals surface area contributed by atoms with E-state index in [0.29, 0.717) is 22.7 Å². The number of ether oxygens (including phenoxy) is 1. The zero-order chi connectivity index (χ0) is 21.6. The second-order valence-electron chi connectivity index (χ2n) is 6.59. The summed E-state index contributed by atoms with van der Waals surface area (Å²) in [5.41, 5.74) is 7.31. The van der Waals surface area contributed by atoms with Crippen molar-refractivity contribution >= 4 is 39.4 Å². The van der Waals surface area contributed by atoms with Crippen molar-refractivity contribution in [1.29, 1.82) is 0 Å². The second kappa shape index (κ2) is 6.90. The van der Waals surface area contributed by atoms with E-state index >= 15 is 0 Å². The Bertz CT molecular complexity index is 1410. The number of nitrogens with one attached hydrogen (secondary N) is 2. The molecule has 2 aromatic carbocycles. The molecule has 4 N–H and O–H groups in total. The minimum absolute atomic E-state index is 0.0568. The molecule has 0 saturated heterocycles. The number of para-hydroxylation sites is 3. The Morgan fingerprint density at radius 2 is 1.74 bits per heavy atom. The normalized spacial score (nSPS) is 11.8. The van der Waals surface area contributed by atoms with Gasteiger partial charge in [0.25, 0.3) is 0 Å². The summed E-state index contributed by atoms with van der Waals surface area (Å²) in [5, 5.41) is 8.61. The number of anilines is 3. The van der Waals surface area contributed by atoms with Crippen LogP contribution in [0, 0.1) is 0 Å². The first-order valence-corrected chi connectivity index (χ1v) is 9.09. The van der Waals surface area contributed by atoms with Crippen molar-refractivity contribution in [1.82, 2.24) is 24.7 Å². The van der Waals surface area contributed by atoms with E-state index < -0.39 is 12.1 Å². The molecule has 0 atom stereocenters. The Morgan fingerprint density at radius 3 is 2.58 bits per heavy atom. The molecule has 0 aliphatic heterocycles. The fraction of sp³-hybridized carbons (Fsp3) is 0.0500. The van der Waals surface area contributed by atoms with Gasteiger partial charge in [-0.05, 0) is 30.3 Å². The van der Waals surface area contributed by atoms with Crippen LogP contribution in [0.3, 0.4) is 0 Å². The summed E-state index contributed by atoms with van der Waals surface area (Å²) in [6.07, 6.45) is -3.15. The number of nitrogens with zero attached hydrogens (tertiary/aromatic N) is 4. The van der Waals surface area contributed by atoms with Gasteiger partial charge in [-0.3, -0.25) is 0 Å². The molecule has 8 nitrogen and oxygen atoms in total. The third-order valence-electron chi connectivity index (χ3n) is 4.57. The molecule has 0 bridgehead atoms. The van der Waals surface area contributed by atoms with Crippen molar-refractivity contribution in [2.45, 2.75) is 6.36 Å². The van der Waals surface area contributed by atoms with Crippen LogP contribution in [-0.2, 0) is 0 Å². The zero-order valence-electron chi connectivity index (χ0n) is 15.7. The van der Waals surface area contributed by atoms with Crippen molar-refractivity contribution < 1.29 is 17.9 Å². The van der Waals surface area contributed by atoms with Gasteiger partial charge in [-0.1, -0.05) is 24.3 Å². The summed E-state index contributed by atoms with van der Waals surface area (Å²) in [6.45, 7) is 0. The van der Waals surface area contributed by atoms with E-state index in [1.165, 1.54) is 18.2 Å². The van der Waals surface area contributed by atoms with Crippen molar-refractivity contribution in [3.63, 3.8) is 0 Å². The number of hydrogen-bond donors (Lipinski definition) is 3. The molecule has 11 heteroatoms. The molecule has 0 saturated carbocycles. The van der Waals surface area contributed by atoms with Crippen LogP contribution in [0.1, 0.15) is 0 Å². The van der Waals surface area contributed by atoms with Gasteiger partial charge < -0.3 is 20.8 Å². The quantitative estimate of drug-likeness (QED) is 0.391. The number of benzene rings is 2. The maximum absolute atomic E-state index is 12.8. The molecule has 5 rings (SSSR count). The predicted molar refractivity (Wildman–Crippen MR) is 109 cm³/mol. The van der Waals surface area contributed by atoms with Crippen molar-refractivity contribution in [3.8, 4) is 11.6 Å².